The van der Waals surface area contributed by atoms with Gasteiger partial charge in [0, 0.05) is 6.42 Å². The molecule has 0 bridgehead atoms. The standard InChI is InChI=1S/C14H21NO2/c1-2-9-13(12-15)10-7-5-3-4-6-8-11-14(16)17/h9,13H,1,3-8,10-11H2,(H,16,17). The Morgan fingerprint density at radius 2 is 1.82 bits per heavy atom. The molecule has 0 aromatic rings. The van der Waals surface area contributed by atoms with Crippen LogP contribution in [0.15, 0.2) is 18.4 Å². The number of allylic oxidation sites excluding steroid dienone is 1. The van der Waals surface area contributed by atoms with E-state index in [4.69, 9.17) is 10.4 Å². The summed E-state index contributed by atoms with van der Waals surface area (Å²) in [6.07, 6.45) is 8.97. The molecule has 0 aromatic carbocycles. The van der Waals surface area contributed by atoms with E-state index in [1.54, 1.807) is 6.08 Å². The molecule has 0 aromatic heterocycles. The molecule has 0 saturated heterocycles. The number of nitriles is 1. The molecule has 3 heteroatoms. The number of aliphatic carboxylic acids is 1. The molecule has 0 aliphatic carbocycles. The number of hydrogen-bond acceptors (Lipinski definition) is 2. The molecule has 1 N–H and O–H groups in total. The lowest BCUT2D eigenvalue weighted by molar-refractivity contribution is -0.137. The second-order valence-electron chi connectivity index (χ2n) is 4.16. The molecule has 0 spiro atoms. The molecule has 0 amide bonds. The maximum absolute atomic E-state index is 10.3. The predicted octanol–water partition coefficient (Wildman–Crippen LogP) is 3.67. The van der Waals surface area contributed by atoms with Crippen molar-refractivity contribution in [2.75, 3.05) is 0 Å². The molecule has 17 heavy (non-hydrogen) atoms. The second-order valence-corrected chi connectivity index (χ2v) is 4.16. The van der Waals surface area contributed by atoms with E-state index in [-0.39, 0.29) is 12.3 Å². The highest BCUT2D eigenvalue weighted by atomic mass is 16.4. The van der Waals surface area contributed by atoms with Crippen molar-refractivity contribution in [3.63, 3.8) is 0 Å². The van der Waals surface area contributed by atoms with Gasteiger partial charge in [-0.25, -0.2) is 0 Å². The highest BCUT2D eigenvalue weighted by Crippen LogP contribution is 2.13. The van der Waals surface area contributed by atoms with Crippen LogP contribution in [-0.2, 0) is 4.79 Å². The van der Waals surface area contributed by atoms with Crippen LogP contribution in [0.25, 0.3) is 0 Å². The van der Waals surface area contributed by atoms with Gasteiger partial charge < -0.3 is 5.11 Å². The molecule has 0 aliphatic rings. The SMILES string of the molecule is C=C=CC(C#N)CCCCCCCCC(=O)O. The monoisotopic (exact) mass is 235 g/mol. The fourth-order valence-corrected chi connectivity index (χ4v) is 1.67. The predicted molar refractivity (Wildman–Crippen MR) is 67.4 cm³/mol. The Bertz CT molecular complexity index is 298. The molecule has 0 aliphatic heterocycles. The topological polar surface area (TPSA) is 61.1 Å². The highest BCUT2D eigenvalue weighted by Gasteiger charge is 2.02. The van der Waals surface area contributed by atoms with Crippen molar-refractivity contribution in [3.8, 4) is 6.07 Å². The van der Waals surface area contributed by atoms with Crippen LogP contribution in [-0.4, -0.2) is 11.1 Å². The number of unbranched alkanes of at least 4 members (excludes halogenated alkanes) is 5. The summed E-state index contributed by atoms with van der Waals surface area (Å²) in [5.41, 5.74) is 2.65. The molecule has 1 unspecified atom stereocenters. The third-order valence-corrected chi connectivity index (χ3v) is 2.64. The molecule has 0 rings (SSSR count). The zero-order chi connectivity index (χ0) is 12.9. The summed E-state index contributed by atoms with van der Waals surface area (Å²) in [6, 6.07) is 2.20. The number of carbonyl (C=O) groups is 1. The van der Waals surface area contributed by atoms with E-state index in [1.807, 2.05) is 0 Å². The summed E-state index contributed by atoms with van der Waals surface area (Å²) in [5.74, 6) is -0.766. The molecule has 94 valence electrons. The van der Waals surface area contributed by atoms with Gasteiger partial charge in [0.15, 0.2) is 0 Å². The van der Waals surface area contributed by atoms with Crippen molar-refractivity contribution in [1.82, 2.24) is 0 Å². The largest absolute Gasteiger partial charge is 0.481 e. The van der Waals surface area contributed by atoms with Crippen LogP contribution >= 0.6 is 0 Å². The van der Waals surface area contributed by atoms with Crippen LogP contribution in [0, 0.1) is 17.2 Å². The van der Waals surface area contributed by atoms with Crippen molar-refractivity contribution in [1.29, 1.82) is 5.26 Å². The number of nitrogens with zero attached hydrogens (tertiary/aromatic N) is 1. The lowest BCUT2D eigenvalue weighted by Crippen LogP contribution is -1.94. The number of hydrogen-bond donors (Lipinski definition) is 1. The van der Waals surface area contributed by atoms with E-state index in [0.29, 0.717) is 0 Å². The summed E-state index contributed by atoms with van der Waals surface area (Å²) < 4.78 is 0. The van der Waals surface area contributed by atoms with Gasteiger partial charge in [0.05, 0.1) is 12.0 Å². The third-order valence-electron chi connectivity index (χ3n) is 2.64. The Morgan fingerprint density at radius 1 is 1.24 bits per heavy atom. The lowest BCUT2D eigenvalue weighted by Gasteiger charge is -2.03. The Hall–Kier alpha value is -1.52. The van der Waals surface area contributed by atoms with Crippen molar-refractivity contribution in [2.45, 2.75) is 51.4 Å². The van der Waals surface area contributed by atoms with Gasteiger partial charge in [-0.3, -0.25) is 4.79 Å². The van der Waals surface area contributed by atoms with Crippen LogP contribution in [0.4, 0.5) is 0 Å². The Kier molecular flexibility index (Phi) is 10.00. The molecule has 3 nitrogen and oxygen atoms in total. The van der Waals surface area contributed by atoms with E-state index in [2.05, 4.69) is 18.4 Å². The number of carboxylic acids is 1. The van der Waals surface area contributed by atoms with E-state index < -0.39 is 5.97 Å². The van der Waals surface area contributed by atoms with Gasteiger partial charge >= 0.3 is 5.97 Å². The summed E-state index contributed by atoms with van der Waals surface area (Å²) in [5, 5.41) is 17.2. The number of rotatable bonds is 10. The van der Waals surface area contributed by atoms with Crippen LogP contribution in [0.3, 0.4) is 0 Å². The van der Waals surface area contributed by atoms with Crippen LogP contribution in [0.5, 0.6) is 0 Å². The van der Waals surface area contributed by atoms with Gasteiger partial charge in [0.2, 0.25) is 0 Å². The maximum atomic E-state index is 10.3. The van der Waals surface area contributed by atoms with Crippen LogP contribution < -0.4 is 0 Å². The first kappa shape index (κ1) is 15.5. The minimum absolute atomic E-state index is 0.0560. The van der Waals surface area contributed by atoms with Gasteiger partial charge in [0.1, 0.15) is 0 Å². The smallest absolute Gasteiger partial charge is 0.303 e. The Morgan fingerprint density at radius 3 is 2.35 bits per heavy atom. The molecular formula is C14H21NO2. The quantitative estimate of drug-likeness (QED) is 0.464. The van der Waals surface area contributed by atoms with Gasteiger partial charge in [-0.15, -0.1) is 5.73 Å². The second kappa shape index (κ2) is 11.0. The van der Waals surface area contributed by atoms with Crippen LogP contribution in [0.2, 0.25) is 0 Å². The van der Waals surface area contributed by atoms with Gasteiger partial charge in [-0.1, -0.05) is 38.7 Å². The molecule has 1 atom stereocenters. The highest BCUT2D eigenvalue weighted by molar-refractivity contribution is 5.66. The molecule has 0 radical (unpaired) electrons. The Labute approximate surface area is 103 Å². The van der Waals surface area contributed by atoms with Gasteiger partial charge in [-0.05, 0) is 18.9 Å². The third kappa shape index (κ3) is 10.8. The van der Waals surface area contributed by atoms with E-state index in [1.165, 1.54) is 0 Å². The maximum Gasteiger partial charge on any atom is 0.303 e. The zero-order valence-corrected chi connectivity index (χ0v) is 10.3. The average molecular weight is 235 g/mol. The van der Waals surface area contributed by atoms with Crippen molar-refractivity contribution < 1.29 is 9.90 Å². The van der Waals surface area contributed by atoms with E-state index in [9.17, 15) is 4.79 Å². The fraction of sp³-hybridized carbons (Fsp3) is 0.643. The van der Waals surface area contributed by atoms with Gasteiger partial charge in [0.25, 0.3) is 0 Å². The van der Waals surface area contributed by atoms with Crippen LogP contribution in [0.1, 0.15) is 51.4 Å². The first-order chi connectivity index (χ1) is 8.20. The first-order valence-electron chi connectivity index (χ1n) is 6.18. The first-order valence-corrected chi connectivity index (χ1v) is 6.18. The molecule has 0 saturated carbocycles. The van der Waals surface area contributed by atoms with Crippen molar-refractivity contribution >= 4 is 5.97 Å². The molecule has 0 heterocycles. The minimum Gasteiger partial charge on any atom is -0.481 e. The average Bonchev–Trinajstić information content (AvgIpc) is 2.30. The zero-order valence-electron chi connectivity index (χ0n) is 10.3. The summed E-state index contributed by atoms with van der Waals surface area (Å²) in [6.45, 7) is 3.46. The van der Waals surface area contributed by atoms with E-state index >= 15 is 0 Å². The van der Waals surface area contributed by atoms with E-state index in [0.717, 1.165) is 44.9 Å². The normalized spacial score (nSPS) is 11.2. The Balaban J connectivity index is 3.32. The molecule has 0 fully saturated rings. The van der Waals surface area contributed by atoms with Gasteiger partial charge in [-0.2, -0.15) is 5.26 Å². The summed E-state index contributed by atoms with van der Waals surface area (Å²) >= 11 is 0. The molecular weight excluding hydrogens is 214 g/mol. The van der Waals surface area contributed by atoms with Crippen molar-refractivity contribution in [3.05, 3.63) is 18.4 Å². The van der Waals surface area contributed by atoms with Crippen molar-refractivity contribution in [2.24, 2.45) is 5.92 Å². The lowest BCUT2D eigenvalue weighted by atomic mass is 10.0. The number of carboxylic acid groups (broad SMARTS) is 1. The fourth-order valence-electron chi connectivity index (χ4n) is 1.67. The summed E-state index contributed by atoms with van der Waals surface area (Å²) in [7, 11) is 0. The summed E-state index contributed by atoms with van der Waals surface area (Å²) in [4.78, 5) is 10.3. The minimum atomic E-state index is -0.710.